The van der Waals surface area contributed by atoms with Gasteiger partial charge in [-0.05, 0) is 30.7 Å². The normalized spacial score (nSPS) is 22.5. The number of hydrogen-bond acceptors (Lipinski definition) is 3. The molecule has 2 heterocycles. The predicted octanol–water partition coefficient (Wildman–Crippen LogP) is 2.20. The summed E-state index contributed by atoms with van der Waals surface area (Å²) in [4.78, 5) is 14.3. The lowest BCUT2D eigenvalue weighted by molar-refractivity contribution is 0.0772. The number of nitrogens with zero attached hydrogens (tertiary/aromatic N) is 1. The van der Waals surface area contributed by atoms with Crippen LogP contribution in [0.25, 0.3) is 0 Å². The molecule has 1 aromatic rings. The Balaban J connectivity index is 1.80. The van der Waals surface area contributed by atoms with Gasteiger partial charge in [-0.1, -0.05) is 0 Å². The molecule has 0 spiro atoms. The lowest BCUT2D eigenvalue weighted by Crippen LogP contribution is -2.37. The summed E-state index contributed by atoms with van der Waals surface area (Å²) in [6, 6.07) is 5.83. The molecule has 18 heavy (non-hydrogen) atoms. The smallest absolute Gasteiger partial charge is 0.253 e. The van der Waals surface area contributed by atoms with Gasteiger partial charge < -0.3 is 9.64 Å². The predicted molar refractivity (Wildman–Crippen MR) is 73.5 cm³/mol. The first-order chi connectivity index (χ1) is 8.74. The van der Waals surface area contributed by atoms with E-state index in [1.165, 1.54) is 5.56 Å². The highest BCUT2D eigenvalue weighted by Gasteiger charge is 2.23. The maximum Gasteiger partial charge on any atom is 0.253 e. The molecule has 0 N–H and O–H groups in total. The van der Waals surface area contributed by atoms with Crippen molar-refractivity contribution in [1.29, 1.82) is 0 Å². The number of fused-ring (bicyclic) bond motifs is 1. The topological polar surface area (TPSA) is 29.5 Å². The molecule has 0 aliphatic carbocycles. The fourth-order valence-corrected chi connectivity index (χ4v) is 3.41. The van der Waals surface area contributed by atoms with E-state index in [0.29, 0.717) is 0 Å². The van der Waals surface area contributed by atoms with Gasteiger partial charge in [0.1, 0.15) is 11.9 Å². The van der Waals surface area contributed by atoms with Crippen LogP contribution in [0.4, 0.5) is 0 Å². The Morgan fingerprint density at radius 1 is 1.39 bits per heavy atom. The highest BCUT2D eigenvalue weighted by atomic mass is 32.2. The van der Waals surface area contributed by atoms with Gasteiger partial charge in [-0.15, -0.1) is 0 Å². The molecule has 3 rings (SSSR count). The standard InChI is InChI=1S/C14H17NO2S/c1-10-8-12-9-11(2-3-13(12)17-10)14(16)15-4-6-18-7-5-15/h2-3,9-10H,4-8H2,1H3. The van der Waals surface area contributed by atoms with E-state index >= 15 is 0 Å². The van der Waals surface area contributed by atoms with E-state index in [1.807, 2.05) is 34.9 Å². The summed E-state index contributed by atoms with van der Waals surface area (Å²) in [5.74, 6) is 3.21. The molecule has 0 saturated carbocycles. The first kappa shape index (κ1) is 11.9. The summed E-state index contributed by atoms with van der Waals surface area (Å²) in [5, 5.41) is 0. The number of carbonyl (C=O) groups is 1. The Labute approximate surface area is 111 Å². The van der Waals surface area contributed by atoms with E-state index in [-0.39, 0.29) is 12.0 Å². The van der Waals surface area contributed by atoms with Crippen molar-refractivity contribution >= 4 is 17.7 Å². The minimum atomic E-state index is 0.164. The molecular weight excluding hydrogens is 246 g/mol. The van der Waals surface area contributed by atoms with Crippen molar-refractivity contribution in [3.05, 3.63) is 29.3 Å². The maximum absolute atomic E-state index is 12.4. The van der Waals surface area contributed by atoms with Gasteiger partial charge in [0.25, 0.3) is 5.91 Å². The fourth-order valence-electron chi connectivity index (χ4n) is 2.50. The minimum absolute atomic E-state index is 0.164. The molecule has 2 aliphatic rings. The van der Waals surface area contributed by atoms with Crippen LogP contribution in [0.2, 0.25) is 0 Å². The van der Waals surface area contributed by atoms with Crippen LogP contribution in [0.1, 0.15) is 22.8 Å². The van der Waals surface area contributed by atoms with E-state index in [4.69, 9.17) is 4.74 Å². The largest absolute Gasteiger partial charge is 0.490 e. The zero-order chi connectivity index (χ0) is 12.5. The Morgan fingerprint density at radius 2 is 2.17 bits per heavy atom. The molecule has 96 valence electrons. The zero-order valence-electron chi connectivity index (χ0n) is 10.5. The monoisotopic (exact) mass is 263 g/mol. The molecular formula is C14H17NO2S. The van der Waals surface area contributed by atoms with Gasteiger partial charge in [0.15, 0.2) is 0 Å². The van der Waals surface area contributed by atoms with Gasteiger partial charge in [0.2, 0.25) is 0 Å². The fraction of sp³-hybridized carbons (Fsp3) is 0.500. The highest BCUT2D eigenvalue weighted by molar-refractivity contribution is 7.99. The van der Waals surface area contributed by atoms with Crippen LogP contribution in [-0.2, 0) is 6.42 Å². The van der Waals surface area contributed by atoms with Gasteiger partial charge in [-0.2, -0.15) is 11.8 Å². The van der Waals surface area contributed by atoms with Crippen molar-refractivity contribution in [1.82, 2.24) is 4.90 Å². The Kier molecular flexibility index (Phi) is 3.20. The zero-order valence-corrected chi connectivity index (χ0v) is 11.3. The maximum atomic E-state index is 12.4. The second-order valence-electron chi connectivity index (χ2n) is 4.86. The van der Waals surface area contributed by atoms with Gasteiger partial charge in [0, 0.05) is 36.6 Å². The molecule has 1 aromatic carbocycles. The van der Waals surface area contributed by atoms with Gasteiger partial charge in [-0.3, -0.25) is 4.79 Å². The second-order valence-corrected chi connectivity index (χ2v) is 6.08. The van der Waals surface area contributed by atoms with Crippen LogP contribution >= 0.6 is 11.8 Å². The average Bonchev–Trinajstić information content (AvgIpc) is 2.78. The molecule has 3 nitrogen and oxygen atoms in total. The third kappa shape index (κ3) is 2.21. The van der Waals surface area contributed by atoms with Crippen molar-refractivity contribution in [3.8, 4) is 5.75 Å². The number of rotatable bonds is 1. The molecule has 1 fully saturated rings. The average molecular weight is 263 g/mol. The Morgan fingerprint density at radius 3 is 2.94 bits per heavy atom. The summed E-state index contributed by atoms with van der Waals surface area (Å²) in [6.45, 7) is 3.80. The van der Waals surface area contributed by atoms with E-state index in [9.17, 15) is 4.79 Å². The van der Waals surface area contributed by atoms with E-state index in [0.717, 1.165) is 42.3 Å². The van der Waals surface area contributed by atoms with Gasteiger partial charge in [-0.25, -0.2) is 0 Å². The van der Waals surface area contributed by atoms with Crippen LogP contribution in [0.5, 0.6) is 5.75 Å². The number of carbonyl (C=O) groups excluding carboxylic acids is 1. The second kappa shape index (κ2) is 4.84. The van der Waals surface area contributed by atoms with E-state index in [1.54, 1.807) is 0 Å². The third-order valence-corrected chi connectivity index (χ3v) is 4.38. The third-order valence-electron chi connectivity index (χ3n) is 3.44. The van der Waals surface area contributed by atoms with Crippen LogP contribution in [0, 0.1) is 0 Å². The van der Waals surface area contributed by atoms with Gasteiger partial charge in [0.05, 0.1) is 0 Å². The summed E-state index contributed by atoms with van der Waals surface area (Å²) in [7, 11) is 0. The summed E-state index contributed by atoms with van der Waals surface area (Å²) in [6.07, 6.45) is 1.14. The Bertz CT molecular complexity index is 469. The first-order valence-corrected chi connectivity index (χ1v) is 7.56. The van der Waals surface area contributed by atoms with Crippen LogP contribution in [0.3, 0.4) is 0 Å². The number of ether oxygens (including phenoxy) is 1. The number of benzene rings is 1. The van der Waals surface area contributed by atoms with Crippen LogP contribution in [0.15, 0.2) is 18.2 Å². The molecule has 1 unspecified atom stereocenters. The van der Waals surface area contributed by atoms with Crippen molar-refractivity contribution in [3.63, 3.8) is 0 Å². The van der Waals surface area contributed by atoms with Crippen LogP contribution in [-0.4, -0.2) is 41.5 Å². The number of hydrogen-bond donors (Lipinski definition) is 0. The molecule has 2 aliphatic heterocycles. The summed E-state index contributed by atoms with van der Waals surface area (Å²) < 4.78 is 5.66. The molecule has 0 aromatic heterocycles. The molecule has 1 atom stereocenters. The molecule has 0 bridgehead atoms. The number of thioether (sulfide) groups is 1. The molecule has 0 radical (unpaired) electrons. The van der Waals surface area contributed by atoms with Crippen molar-refractivity contribution in [2.24, 2.45) is 0 Å². The lowest BCUT2D eigenvalue weighted by atomic mass is 10.1. The molecule has 1 amide bonds. The molecule has 1 saturated heterocycles. The summed E-state index contributed by atoms with van der Waals surface area (Å²) in [5.41, 5.74) is 1.97. The van der Waals surface area contributed by atoms with Crippen molar-refractivity contribution in [2.45, 2.75) is 19.4 Å². The van der Waals surface area contributed by atoms with Crippen molar-refractivity contribution < 1.29 is 9.53 Å². The summed E-state index contributed by atoms with van der Waals surface area (Å²) >= 11 is 1.92. The molecule has 4 heteroatoms. The van der Waals surface area contributed by atoms with Crippen LogP contribution < -0.4 is 4.74 Å². The van der Waals surface area contributed by atoms with E-state index < -0.39 is 0 Å². The van der Waals surface area contributed by atoms with E-state index in [2.05, 4.69) is 6.92 Å². The SMILES string of the molecule is CC1Cc2cc(C(=O)N3CCSCC3)ccc2O1. The number of amides is 1. The highest BCUT2D eigenvalue weighted by Crippen LogP contribution is 2.29. The van der Waals surface area contributed by atoms with Gasteiger partial charge >= 0.3 is 0 Å². The van der Waals surface area contributed by atoms with Crippen molar-refractivity contribution in [2.75, 3.05) is 24.6 Å². The first-order valence-electron chi connectivity index (χ1n) is 6.40. The lowest BCUT2D eigenvalue weighted by Gasteiger charge is -2.26. The Hall–Kier alpha value is -1.16. The quantitative estimate of drug-likeness (QED) is 0.778. The minimum Gasteiger partial charge on any atom is -0.490 e.